The molecular formula is C9H13NO4. The fourth-order valence-corrected chi connectivity index (χ4v) is 1.59. The summed E-state index contributed by atoms with van der Waals surface area (Å²) < 4.78 is 5.04. The van der Waals surface area contributed by atoms with Crippen LogP contribution in [0.5, 0.6) is 0 Å². The number of carbonyl (C=O) groups excluding carboxylic acids is 1. The Morgan fingerprint density at radius 1 is 1.29 bits per heavy atom. The molecule has 14 heavy (non-hydrogen) atoms. The number of rotatable bonds is 3. The van der Waals surface area contributed by atoms with Crippen LogP contribution in [0.3, 0.4) is 0 Å². The minimum atomic E-state index is -0.899. The zero-order chi connectivity index (χ0) is 10.1. The van der Waals surface area contributed by atoms with Crippen molar-refractivity contribution in [3.63, 3.8) is 0 Å². The van der Waals surface area contributed by atoms with E-state index in [0.29, 0.717) is 6.61 Å². The summed E-state index contributed by atoms with van der Waals surface area (Å²) in [6.07, 6.45) is 1.86. The molecule has 1 saturated carbocycles. The van der Waals surface area contributed by atoms with Gasteiger partial charge in [0.1, 0.15) is 5.92 Å². The number of hydrogen-bond donors (Lipinski definition) is 2. The number of ether oxygens (including phenoxy) is 1. The first kappa shape index (κ1) is 9.45. The maximum absolute atomic E-state index is 11.4. The number of amides is 1. The van der Waals surface area contributed by atoms with Crippen LogP contribution in [0.4, 0.5) is 0 Å². The number of carbonyl (C=O) groups is 2. The van der Waals surface area contributed by atoms with Gasteiger partial charge in [0.05, 0.1) is 19.3 Å². The summed E-state index contributed by atoms with van der Waals surface area (Å²) >= 11 is 0. The van der Waals surface area contributed by atoms with Crippen LogP contribution in [0, 0.1) is 11.8 Å². The molecule has 1 aliphatic heterocycles. The smallest absolute Gasteiger partial charge is 0.311 e. The molecule has 0 spiro atoms. The van der Waals surface area contributed by atoms with E-state index in [4.69, 9.17) is 9.84 Å². The third-order valence-corrected chi connectivity index (χ3v) is 2.67. The monoisotopic (exact) mass is 199 g/mol. The van der Waals surface area contributed by atoms with Crippen LogP contribution in [-0.2, 0) is 14.3 Å². The Hall–Kier alpha value is -1.10. The van der Waals surface area contributed by atoms with Gasteiger partial charge in [0, 0.05) is 5.92 Å². The molecule has 0 aromatic heterocycles. The van der Waals surface area contributed by atoms with E-state index >= 15 is 0 Å². The first-order valence-electron chi connectivity index (χ1n) is 4.79. The lowest BCUT2D eigenvalue weighted by molar-refractivity contribution is -0.142. The minimum absolute atomic E-state index is 0.0215. The van der Waals surface area contributed by atoms with Crippen LogP contribution < -0.4 is 5.32 Å². The average Bonchev–Trinajstić information content (AvgIpc) is 2.87. The molecule has 1 saturated heterocycles. The Labute approximate surface area is 81.4 Å². The van der Waals surface area contributed by atoms with Gasteiger partial charge in [-0.25, -0.2) is 0 Å². The average molecular weight is 199 g/mol. The van der Waals surface area contributed by atoms with E-state index < -0.39 is 11.9 Å². The highest BCUT2D eigenvalue weighted by Gasteiger charge is 2.38. The van der Waals surface area contributed by atoms with E-state index in [2.05, 4.69) is 5.32 Å². The van der Waals surface area contributed by atoms with Crippen LogP contribution in [0.2, 0.25) is 0 Å². The predicted octanol–water partition coefficient (Wildman–Crippen LogP) is -0.388. The van der Waals surface area contributed by atoms with E-state index in [1.54, 1.807) is 0 Å². The van der Waals surface area contributed by atoms with Crippen molar-refractivity contribution in [3.8, 4) is 0 Å². The molecule has 2 unspecified atom stereocenters. The summed E-state index contributed by atoms with van der Waals surface area (Å²) in [5.74, 6) is -1.39. The minimum Gasteiger partial charge on any atom is -0.481 e. The number of hydrogen-bond acceptors (Lipinski definition) is 3. The second-order valence-electron chi connectivity index (χ2n) is 3.87. The number of carboxylic acids is 1. The molecule has 5 nitrogen and oxygen atoms in total. The second-order valence-corrected chi connectivity index (χ2v) is 3.87. The lowest BCUT2D eigenvalue weighted by Gasteiger charge is -2.15. The topological polar surface area (TPSA) is 75.6 Å². The van der Waals surface area contributed by atoms with Crippen LogP contribution in [0.1, 0.15) is 12.8 Å². The highest BCUT2D eigenvalue weighted by molar-refractivity contribution is 5.82. The molecular weight excluding hydrogens is 186 g/mol. The molecule has 2 aliphatic rings. The summed E-state index contributed by atoms with van der Waals surface area (Å²) in [6.45, 7) is 0.514. The van der Waals surface area contributed by atoms with Crippen LogP contribution in [-0.4, -0.2) is 36.2 Å². The molecule has 1 aliphatic carbocycles. The second kappa shape index (κ2) is 3.57. The molecule has 0 bridgehead atoms. The number of aliphatic carboxylic acids is 1. The van der Waals surface area contributed by atoms with E-state index in [1.807, 2.05) is 0 Å². The zero-order valence-corrected chi connectivity index (χ0v) is 7.73. The Bertz CT molecular complexity index is 262. The van der Waals surface area contributed by atoms with E-state index in [-0.39, 0.29) is 24.5 Å². The Kier molecular flexibility index (Phi) is 2.41. The predicted molar refractivity (Wildman–Crippen MR) is 46.6 cm³/mol. The van der Waals surface area contributed by atoms with Gasteiger partial charge in [0.2, 0.25) is 5.91 Å². The Morgan fingerprint density at radius 3 is 2.57 bits per heavy atom. The van der Waals surface area contributed by atoms with Crippen molar-refractivity contribution in [1.82, 2.24) is 5.32 Å². The molecule has 2 atom stereocenters. The van der Waals surface area contributed by atoms with E-state index in [0.717, 1.165) is 12.8 Å². The normalized spacial score (nSPS) is 31.4. The maximum atomic E-state index is 11.4. The molecule has 2 fully saturated rings. The van der Waals surface area contributed by atoms with Gasteiger partial charge in [0.25, 0.3) is 0 Å². The van der Waals surface area contributed by atoms with Gasteiger partial charge in [-0.05, 0) is 12.8 Å². The van der Waals surface area contributed by atoms with Crippen molar-refractivity contribution in [2.75, 3.05) is 13.2 Å². The zero-order valence-electron chi connectivity index (χ0n) is 7.73. The van der Waals surface area contributed by atoms with Crippen molar-refractivity contribution in [2.45, 2.75) is 18.9 Å². The first-order chi connectivity index (χ1) is 6.68. The highest BCUT2D eigenvalue weighted by atomic mass is 16.5. The lowest BCUT2D eigenvalue weighted by Crippen LogP contribution is -2.43. The summed E-state index contributed by atoms with van der Waals surface area (Å²) in [4.78, 5) is 22.1. The van der Waals surface area contributed by atoms with Crippen molar-refractivity contribution in [1.29, 1.82) is 0 Å². The largest absolute Gasteiger partial charge is 0.481 e. The maximum Gasteiger partial charge on any atom is 0.311 e. The lowest BCUT2D eigenvalue weighted by atomic mass is 10.0. The van der Waals surface area contributed by atoms with Crippen molar-refractivity contribution in [3.05, 3.63) is 0 Å². The summed E-state index contributed by atoms with van der Waals surface area (Å²) in [5, 5.41) is 11.5. The van der Waals surface area contributed by atoms with E-state index in [1.165, 1.54) is 0 Å². The van der Waals surface area contributed by atoms with Crippen molar-refractivity contribution < 1.29 is 19.4 Å². The number of nitrogens with one attached hydrogen (secondary N) is 1. The third-order valence-electron chi connectivity index (χ3n) is 2.67. The van der Waals surface area contributed by atoms with Crippen LogP contribution >= 0.6 is 0 Å². The van der Waals surface area contributed by atoms with Gasteiger partial charge in [-0.3, -0.25) is 9.59 Å². The molecule has 78 valence electrons. The third kappa shape index (κ3) is 1.87. The van der Waals surface area contributed by atoms with Crippen molar-refractivity contribution >= 4 is 11.9 Å². The van der Waals surface area contributed by atoms with Crippen molar-refractivity contribution in [2.24, 2.45) is 11.8 Å². The molecule has 5 heteroatoms. The molecule has 0 aromatic rings. The molecule has 1 amide bonds. The standard InChI is InChI=1S/C9H13NO4/c11-8(5-1-2-5)10-7-4-14-3-6(7)9(12)13/h5-7H,1-4H2,(H,10,11)(H,12,13). The molecule has 0 radical (unpaired) electrons. The van der Waals surface area contributed by atoms with Gasteiger partial charge in [-0.15, -0.1) is 0 Å². The Morgan fingerprint density at radius 2 is 2.00 bits per heavy atom. The van der Waals surface area contributed by atoms with Crippen LogP contribution in [0.25, 0.3) is 0 Å². The molecule has 0 aromatic carbocycles. The molecule has 1 heterocycles. The van der Waals surface area contributed by atoms with Gasteiger partial charge in [-0.2, -0.15) is 0 Å². The van der Waals surface area contributed by atoms with Crippen LogP contribution in [0.15, 0.2) is 0 Å². The summed E-state index contributed by atoms with van der Waals surface area (Å²) in [5.41, 5.74) is 0. The summed E-state index contributed by atoms with van der Waals surface area (Å²) in [6, 6.07) is -0.347. The van der Waals surface area contributed by atoms with Gasteiger partial charge < -0.3 is 15.2 Å². The van der Waals surface area contributed by atoms with Gasteiger partial charge in [-0.1, -0.05) is 0 Å². The van der Waals surface area contributed by atoms with Gasteiger partial charge >= 0.3 is 5.97 Å². The fraction of sp³-hybridized carbons (Fsp3) is 0.778. The fourth-order valence-electron chi connectivity index (χ4n) is 1.59. The SMILES string of the molecule is O=C(NC1COCC1C(=O)O)C1CC1. The Balaban J connectivity index is 1.89. The summed E-state index contributed by atoms with van der Waals surface area (Å²) in [7, 11) is 0. The molecule has 2 N–H and O–H groups in total. The number of carboxylic acid groups (broad SMARTS) is 1. The van der Waals surface area contributed by atoms with E-state index in [9.17, 15) is 9.59 Å². The highest BCUT2D eigenvalue weighted by Crippen LogP contribution is 2.29. The molecule has 2 rings (SSSR count). The first-order valence-corrected chi connectivity index (χ1v) is 4.79. The quantitative estimate of drug-likeness (QED) is 0.649. The van der Waals surface area contributed by atoms with Gasteiger partial charge in [0.15, 0.2) is 0 Å².